The zero-order valence-electron chi connectivity index (χ0n) is 11.0. The maximum Gasteiger partial charge on any atom is 0.281 e. The molecule has 0 spiro atoms. The Balaban J connectivity index is 2.41. The Labute approximate surface area is 126 Å². The van der Waals surface area contributed by atoms with Gasteiger partial charge in [0, 0.05) is 17.7 Å². The van der Waals surface area contributed by atoms with E-state index in [2.05, 4.69) is 31.0 Å². The highest BCUT2D eigenvalue weighted by Crippen LogP contribution is 2.27. The predicted octanol–water partition coefficient (Wildman–Crippen LogP) is 3.00. The third kappa shape index (κ3) is 3.10. The number of halogens is 1. The maximum absolute atomic E-state index is 12.4. The van der Waals surface area contributed by atoms with Crippen LogP contribution in [0, 0.1) is 6.92 Å². The minimum atomic E-state index is -3.75. The van der Waals surface area contributed by atoms with Crippen molar-refractivity contribution in [3.63, 3.8) is 0 Å². The predicted molar refractivity (Wildman–Crippen MR) is 83.5 cm³/mol. The van der Waals surface area contributed by atoms with E-state index in [9.17, 15) is 8.42 Å². The summed E-state index contributed by atoms with van der Waals surface area (Å²) in [6, 6.07) is 8.71. The maximum atomic E-state index is 12.4. The third-order valence-electron chi connectivity index (χ3n) is 2.66. The molecule has 0 saturated carbocycles. The number of sulfonamides is 1. The van der Waals surface area contributed by atoms with Crippen LogP contribution >= 0.6 is 15.9 Å². The summed E-state index contributed by atoms with van der Waals surface area (Å²) in [6.07, 6.45) is 1.44. The van der Waals surface area contributed by atoms with Gasteiger partial charge in [-0.05, 0) is 52.7 Å². The summed E-state index contributed by atoms with van der Waals surface area (Å²) < 4.78 is 28.0. The molecule has 5 nitrogen and oxygen atoms in total. The van der Waals surface area contributed by atoms with Crippen molar-refractivity contribution in [1.29, 1.82) is 0 Å². The Morgan fingerprint density at radius 2 is 1.95 bits per heavy atom. The third-order valence-corrected chi connectivity index (χ3v) is 4.64. The van der Waals surface area contributed by atoms with Crippen LogP contribution in [0.3, 0.4) is 0 Å². The summed E-state index contributed by atoms with van der Waals surface area (Å²) in [5.41, 5.74) is 1.96. The molecule has 0 aliphatic rings. The van der Waals surface area contributed by atoms with E-state index in [1.165, 1.54) is 6.20 Å². The van der Waals surface area contributed by atoms with Gasteiger partial charge in [0.15, 0.2) is 5.03 Å². The fourth-order valence-corrected chi connectivity index (χ4v) is 3.64. The number of rotatable bonds is 4. The highest BCUT2D eigenvalue weighted by atomic mass is 79.9. The Morgan fingerprint density at radius 1 is 1.20 bits per heavy atom. The van der Waals surface area contributed by atoms with Gasteiger partial charge in [-0.2, -0.15) is 8.42 Å². The topological polar surface area (TPSA) is 71.1 Å². The zero-order chi connectivity index (χ0) is 14.8. The van der Waals surface area contributed by atoms with Crippen LogP contribution in [-0.4, -0.2) is 20.4 Å². The first-order chi connectivity index (χ1) is 9.44. The van der Waals surface area contributed by atoms with E-state index in [1.54, 1.807) is 25.2 Å². The summed E-state index contributed by atoms with van der Waals surface area (Å²) in [6.45, 7) is 1.93. The van der Waals surface area contributed by atoms with Crippen LogP contribution < -0.4 is 10.0 Å². The number of benzene rings is 1. The summed E-state index contributed by atoms with van der Waals surface area (Å²) >= 11 is 3.34. The summed E-state index contributed by atoms with van der Waals surface area (Å²) in [5.74, 6) is 0. The number of nitrogens with one attached hydrogen (secondary N) is 2. The van der Waals surface area contributed by atoms with Crippen LogP contribution in [0.4, 0.5) is 11.4 Å². The molecule has 0 aliphatic heterocycles. The van der Waals surface area contributed by atoms with Crippen LogP contribution in [-0.2, 0) is 10.0 Å². The normalized spacial score (nSPS) is 11.2. The number of anilines is 2. The Morgan fingerprint density at radius 3 is 2.60 bits per heavy atom. The van der Waals surface area contributed by atoms with E-state index < -0.39 is 10.0 Å². The molecule has 0 fully saturated rings. The standard InChI is InChI=1S/C13H14BrN3O2S/c1-9-5-6-11(10(14)8-9)17-20(18,19)13-12(15-2)4-3-7-16-13/h3-8,15,17H,1-2H3. The van der Waals surface area contributed by atoms with Gasteiger partial charge in [-0.25, -0.2) is 4.98 Å². The molecule has 1 aromatic carbocycles. The van der Waals surface area contributed by atoms with E-state index >= 15 is 0 Å². The highest BCUT2D eigenvalue weighted by Gasteiger charge is 2.20. The van der Waals surface area contributed by atoms with E-state index in [4.69, 9.17) is 0 Å². The van der Waals surface area contributed by atoms with Gasteiger partial charge >= 0.3 is 0 Å². The van der Waals surface area contributed by atoms with Crippen molar-refractivity contribution in [2.24, 2.45) is 0 Å². The first kappa shape index (κ1) is 14.8. The van der Waals surface area contributed by atoms with Gasteiger partial charge in [-0.1, -0.05) is 6.07 Å². The zero-order valence-corrected chi connectivity index (χ0v) is 13.4. The number of nitrogens with zero attached hydrogens (tertiary/aromatic N) is 1. The molecular formula is C13H14BrN3O2S. The van der Waals surface area contributed by atoms with Crippen LogP contribution in [0.15, 0.2) is 46.0 Å². The molecule has 0 aliphatic carbocycles. The summed E-state index contributed by atoms with van der Waals surface area (Å²) in [7, 11) is -2.09. The molecule has 2 rings (SSSR count). The molecule has 0 saturated heterocycles. The molecule has 1 aromatic heterocycles. The van der Waals surface area contributed by atoms with E-state index in [1.807, 2.05) is 19.1 Å². The molecule has 0 atom stereocenters. The minimum absolute atomic E-state index is 0.0324. The van der Waals surface area contributed by atoms with Gasteiger partial charge in [0.2, 0.25) is 0 Å². The van der Waals surface area contributed by atoms with Gasteiger partial charge in [-0.3, -0.25) is 4.72 Å². The lowest BCUT2D eigenvalue weighted by Crippen LogP contribution is -2.16. The molecule has 106 valence electrons. The Hall–Kier alpha value is -1.60. The van der Waals surface area contributed by atoms with Crippen molar-refractivity contribution in [2.75, 3.05) is 17.1 Å². The van der Waals surface area contributed by atoms with Crippen molar-refractivity contribution in [1.82, 2.24) is 4.98 Å². The smallest absolute Gasteiger partial charge is 0.281 e. The molecule has 0 radical (unpaired) electrons. The number of aromatic nitrogens is 1. The number of hydrogen-bond acceptors (Lipinski definition) is 4. The van der Waals surface area contributed by atoms with Crippen molar-refractivity contribution in [3.8, 4) is 0 Å². The minimum Gasteiger partial charge on any atom is -0.386 e. The fourth-order valence-electron chi connectivity index (χ4n) is 1.69. The van der Waals surface area contributed by atoms with E-state index in [0.29, 0.717) is 15.8 Å². The van der Waals surface area contributed by atoms with Gasteiger partial charge in [-0.15, -0.1) is 0 Å². The lowest BCUT2D eigenvalue weighted by Gasteiger charge is -2.12. The molecular weight excluding hydrogens is 342 g/mol. The second-order valence-electron chi connectivity index (χ2n) is 4.19. The quantitative estimate of drug-likeness (QED) is 0.884. The van der Waals surface area contributed by atoms with Gasteiger partial charge in [0.05, 0.1) is 11.4 Å². The van der Waals surface area contributed by atoms with Gasteiger partial charge < -0.3 is 5.32 Å². The first-order valence-corrected chi connectivity index (χ1v) is 8.13. The monoisotopic (exact) mass is 355 g/mol. The second kappa shape index (κ2) is 5.80. The van der Waals surface area contributed by atoms with Crippen molar-refractivity contribution >= 4 is 37.3 Å². The molecule has 1 heterocycles. The van der Waals surface area contributed by atoms with Crippen LogP contribution in [0.25, 0.3) is 0 Å². The summed E-state index contributed by atoms with van der Waals surface area (Å²) in [5, 5.41) is 2.79. The average Bonchev–Trinajstić information content (AvgIpc) is 2.42. The lowest BCUT2D eigenvalue weighted by atomic mass is 10.2. The molecule has 0 amide bonds. The van der Waals surface area contributed by atoms with Crippen LogP contribution in [0.5, 0.6) is 0 Å². The SMILES string of the molecule is CNc1cccnc1S(=O)(=O)Nc1ccc(C)cc1Br. The fraction of sp³-hybridized carbons (Fsp3) is 0.154. The van der Waals surface area contributed by atoms with Crippen molar-refractivity contribution in [2.45, 2.75) is 11.9 Å². The molecule has 2 aromatic rings. The van der Waals surface area contributed by atoms with Gasteiger partial charge in [0.25, 0.3) is 10.0 Å². The van der Waals surface area contributed by atoms with Crippen molar-refractivity contribution in [3.05, 3.63) is 46.6 Å². The van der Waals surface area contributed by atoms with Crippen molar-refractivity contribution < 1.29 is 8.42 Å². The molecule has 0 bridgehead atoms. The first-order valence-electron chi connectivity index (χ1n) is 5.86. The number of hydrogen-bond donors (Lipinski definition) is 2. The lowest BCUT2D eigenvalue weighted by molar-refractivity contribution is 0.598. The highest BCUT2D eigenvalue weighted by molar-refractivity contribution is 9.10. The van der Waals surface area contributed by atoms with Gasteiger partial charge in [0.1, 0.15) is 0 Å². The van der Waals surface area contributed by atoms with Crippen LogP contribution in [0.1, 0.15) is 5.56 Å². The largest absolute Gasteiger partial charge is 0.386 e. The molecule has 20 heavy (non-hydrogen) atoms. The number of pyridine rings is 1. The van der Waals surface area contributed by atoms with E-state index in [-0.39, 0.29) is 5.03 Å². The molecule has 7 heteroatoms. The second-order valence-corrected chi connectivity index (χ2v) is 6.65. The molecule has 0 unspecified atom stereocenters. The Kier molecular flexibility index (Phi) is 4.29. The van der Waals surface area contributed by atoms with Crippen LogP contribution in [0.2, 0.25) is 0 Å². The molecule has 2 N–H and O–H groups in total. The number of aryl methyl sites for hydroxylation is 1. The average molecular weight is 356 g/mol. The van der Waals surface area contributed by atoms with E-state index in [0.717, 1.165) is 5.56 Å². The summed E-state index contributed by atoms with van der Waals surface area (Å²) in [4.78, 5) is 3.94. The Bertz CT molecular complexity index is 732.